The van der Waals surface area contributed by atoms with Crippen molar-refractivity contribution in [3.8, 4) is 0 Å². The van der Waals surface area contributed by atoms with Gasteiger partial charge in [-0.25, -0.2) is 0 Å². The molecule has 0 heterocycles. The first kappa shape index (κ1) is 21.0. The fraction of sp³-hybridized carbons (Fsp3) is 0.625. The molecule has 166 valence electrons. The number of benzene rings is 1. The standard InChI is InChI=1S/C24H29BrN2O4/c25-24-10-15-7-16(11-24)9-23(8-15,14-24)12-21(29)31-13-20(28)27-19-4-2-1-3-18(19)22(30)26-17-5-6-17/h1-4,15-17H,5-14H2,(H,26,30)(H,27,28). The van der Waals surface area contributed by atoms with Crippen molar-refractivity contribution in [3.05, 3.63) is 29.8 Å². The highest BCUT2D eigenvalue weighted by atomic mass is 79.9. The smallest absolute Gasteiger partial charge is 0.306 e. The van der Waals surface area contributed by atoms with Crippen LogP contribution < -0.4 is 10.6 Å². The molecule has 7 heteroatoms. The molecule has 0 aromatic heterocycles. The van der Waals surface area contributed by atoms with Gasteiger partial charge in [0, 0.05) is 10.4 Å². The lowest BCUT2D eigenvalue weighted by Gasteiger charge is -2.60. The number of halogens is 1. The number of carbonyl (C=O) groups is 3. The Morgan fingerprint density at radius 1 is 1.06 bits per heavy atom. The molecule has 31 heavy (non-hydrogen) atoms. The molecule has 0 aliphatic heterocycles. The van der Waals surface area contributed by atoms with Crippen LogP contribution in [0, 0.1) is 17.3 Å². The van der Waals surface area contributed by atoms with Crippen molar-refractivity contribution >= 4 is 39.4 Å². The van der Waals surface area contributed by atoms with E-state index < -0.39 is 5.91 Å². The summed E-state index contributed by atoms with van der Waals surface area (Å²) in [7, 11) is 0. The van der Waals surface area contributed by atoms with Crippen LogP contribution in [-0.2, 0) is 14.3 Å². The lowest BCUT2D eigenvalue weighted by atomic mass is 9.49. The molecule has 0 saturated heterocycles. The Bertz CT molecular complexity index is 899. The molecule has 5 fully saturated rings. The Morgan fingerprint density at radius 3 is 2.45 bits per heavy atom. The minimum absolute atomic E-state index is 0.0225. The molecule has 5 saturated carbocycles. The molecule has 0 spiro atoms. The van der Waals surface area contributed by atoms with E-state index in [0.717, 1.165) is 32.1 Å². The molecule has 5 aliphatic carbocycles. The van der Waals surface area contributed by atoms with E-state index in [4.69, 9.17) is 4.74 Å². The van der Waals surface area contributed by atoms with Crippen LogP contribution in [0.1, 0.15) is 68.1 Å². The maximum atomic E-state index is 12.6. The molecule has 2 atom stereocenters. The maximum absolute atomic E-state index is 12.6. The molecule has 0 radical (unpaired) electrons. The van der Waals surface area contributed by atoms with Gasteiger partial charge in [0.1, 0.15) is 0 Å². The fourth-order valence-corrected chi connectivity index (χ4v) is 8.02. The molecule has 4 bridgehead atoms. The summed E-state index contributed by atoms with van der Waals surface area (Å²) in [5.41, 5.74) is 0.878. The number of ether oxygens (including phenoxy) is 1. The second kappa shape index (κ2) is 7.91. The molecule has 2 unspecified atom stereocenters. The highest BCUT2D eigenvalue weighted by molar-refractivity contribution is 9.10. The van der Waals surface area contributed by atoms with Crippen molar-refractivity contribution in [2.75, 3.05) is 11.9 Å². The minimum atomic E-state index is -0.428. The van der Waals surface area contributed by atoms with Crippen LogP contribution >= 0.6 is 15.9 Å². The summed E-state index contributed by atoms with van der Waals surface area (Å²) >= 11 is 3.97. The van der Waals surface area contributed by atoms with Gasteiger partial charge in [0.25, 0.3) is 11.8 Å². The topological polar surface area (TPSA) is 84.5 Å². The molecule has 2 N–H and O–H groups in total. The lowest BCUT2D eigenvalue weighted by molar-refractivity contribution is -0.153. The first-order valence-corrected chi connectivity index (χ1v) is 12.2. The van der Waals surface area contributed by atoms with Gasteiger partial charge in [0.2, 0.25) is 0 Å². The predicted octanol–water partition coefficient (Wildman–Crippen LogP) is 4.18. The number of rotatable bonds is 7. The van der Waals surface area contributed by atoms with E-state index >= 15 is 0 Å². The van der Waals surface area contributed by atoms with Crippen molar-refractivity contribution in [1.29, 1.82) is 0 Å². The second-order valence-electron chi connectivity index (χ2n) is 10.3. The largest absolute Gasteiger partial charge is 0.456 e. The van der Waals surface area contributed by atoms with E-state index in [-0.39, 0.29) is 34.3 Å². The third-order valence-corrected chi connectivity index (χ3v) is 8.28. The Kier molecular flexibility index (Phi) is 5.35. The van der Waals surface area contributed by atoms with Gasteiger partial charge in [-0.3, -0.25) is 14.4 Å². The summed E-state index contributed by atoms with van der Waals surface area (Å²) in [5, 5.41) is 5.65. The van der Waals surface area contributed by atoms with E-state index in [2.05, 4.69) is 26.6 Å². The van der Waals surface area contributed by atoms with Crippen LogP contribution in [-0.4, -0.2) is 34.8 Å². The van der Waals surface area contributed by atoms with Gasteiger partial charge >= 0.3 is 5.97 Å². The Morgan fingerprint density at radius 2 is 1.77 bits per heavy atom. The Labute approximate surface area is 191 Å². The van der Waals surface area contributed by atoms with Gasteiger partial charge in [0.15, 0.2) is 6.61 Å². The number of hydrogen-bond acceptors (Lipinski definition) is 4. The number of carbonyl (C=O) groups excluding carboxylic acids is 3. The maximum Gasteiger partial charge on any atom is 0.306 e. The highest BCUT2D eigenvalue weighted by Crippen LogP contribution is 2.65. The van der Waals surface area contributed by atoms with Gasteiger partial charge in [0.05, 0.1) is 17.7 Å². The van der Waals surface area contributed by atoms with E-state index in [1.165, 1.54) is 19.3 Å². The zero-order valence-corrected chi connectivity index (χ0v) is 19.2. The van der Waals surface area contributed by atoms with Crippen LogP contribution in [0.25, 0.3) is 0 Å². The van der Waals surface area contributed by atoms with Crippen LogP contribution in [0.4, 0.5) is 5.69 Å². The van der Waals surface area contributed by atoms with Crippen molar-refractivity contribution < 1.29 is 19.1 Å². The molecule has 5 aliphatic rings. The normalized spacial score (nSPS) is 33.1. The Hall–Kier alpha value is -1.89. The highest BCUT2D eigenvalue weighted by Gasteiger charge is 2.57. The number of nitrogens with one attached hydrogen (secondary N) is 2. The average Bonchev–Trinajstić information content (AvgIpc) is 3.48. The quantitative estimate of drug-likeness (QED) is 0.445. The summed E-state index contributed by atoms with van der Waals surface area (Å²) in [6, 6.07) is 7.13. The summed E-state index contributed by atoms with van der Waals surface area (Å²) in [5.74, 6) is 0.487. The fourth-order valence-electron chi connectivity index (χ4n) is 6.51. The number of alkyl halides is 1. The van der Waals surface area contributed by atoms with Gasteiger partial charge in [-0.1, -0.05) is 28.1 Å². The van der Waals surface area contributed by atoms with E-state index in [9.17, 15) is 14.4 Å². The number of esters is 1. The van der Waals surface area contributed by atoms with Gasteiger partial charge in [-0.2, -0.15) is 0 Å². The second-order valence-corrected chi connectivity index (χ2v) is 12.0. The van der Waals surface area contributed by atoms with Gasteiger partial charge in [-0.15, -0.1) is 0 Å². The first-order valence-electron chi connectivity index (χ1n) is 11.4. The van der Waals surface area contributed by atoms with Crippen LogP contribution in [0.2, 0.25) is 0 Å². The van der Waals surface area contributed by atoms with E-state index in [1.54, 1.807) is 24.3 Å². The lowest BCUT2D eigenvalue weighted by Crippen LogP contribution is -2.53. The van der Waals surface area contributed by atoms with Crippen LogP contribution in [0.5, 0.6) is 0 Å². The van der Waals surface area contributed by atoms with E-state index in [0.29, 0.717) is 29.5 Å². The van der Waals surface area contributed by atoms with Crippen molar-refractivity contribution in [3.63, 3.8) is 0 Å². The van der Waals surface area contributed by atoms with Crippen LogP contribution in [0.3, 0.4) is 0 Å². The third-order valence-electron chi connectivity index (χ3n) is 7.35. The van der Waals surface area contributed by atoms with Crippen molar-refractivity contribution in [2.24, 2.45) is 17.3 Å². The van der Waals surface area contributed by atoms with Crippen LogP contribution in [0.15, 0.2) is 24.3 Å². The summed E-state index contributed by atoms with van der Waals surface area (Å²) in [6.07, 6.45) is 9.33. The minimum Gasteiger partial charge on any atom is -0.456 e. The first-order chi connectivity index (χ1) is 14.8. The van der Waals surface area contributed by atoms with Gasteiger partial charge in [-0.05, 0) is 80.8 Å². The molecule has 1 aromatic rings. The third kappa shape index (κ3) is 4.66. The molecule has 1 aromatic carbocycles. The van der Waals surface area contributed by atoms with Crippen molar-refractivity contribution in [1.82, 2.24) is 5.32 Å². The molecular weight excluding hydrogens is 460 g/mol. The average molecular weight is 489 g/mol. The predicted molar refractivity (Wildman–Crippen MR) is 120 cm³/mol. The SMILES string of the molecule is O=C(COC(=O)CC12CC3CC(CC(Br)(C3)C1)C2)Nc1ccccc1C(=O)NC1CC1. The summed E-state index contributed by atoms with van der Waals surface area (Å²) < 4.78 is 5.55. The van der Waals surface area contributed by atoms with Gasteiger partial charge < -0.3 is 15.4 Å². The number of para-hydroxylation sites is 1. The zero-order chi connectivity index (χ0) is 21.6. The molecule has 6 nitrogen and oxygen atoms in total. The number of amides is 2. The number of anilines is 1. The summed E-state index contributed by atoms with van der Waals surface area (Å²) in [4.78, 5) is 37.4. The zero-order valence-electron chi connectivity index (χ0n) is 17.6. The Balaban J connectivity index is 1.15. The molecule has 6 rings (SSSR count). The monoisotopic (exact) mass is 488 g/mol. The van der Waals surface area contributed by atoms with E-state index in [1.807, 2.05) is 0 Å². The molecule has 2 amide bonds. The molecular formula is C24H29BrN2O4. The number of hydrogen-bond donors (Lipinski definition) is 2. The van der Waals surface area contributed by atoms with Crippen molar-refractivity contribution in [2.45, 2.75) is 68.2 Å². The summed E-state index contributed by atoms with van der Waals surface area (Å²) in [6.45, 7) is -0.334.